The van der Waals surface area contributed by atoms with Crippen LogP contribution >= 0.6 is 0 Å². The predicted octanol–water partition coefficient (Wildman–Crippen LogP) is 4.28. The van der Waals surface area contributed by atoms with Crippen molar-refractivity contribution in [3.8, 4) is 0 Å². The maximum absolute atomic E-state index is 12.6. The van der Waals surface area contributed by atoms with Gasteiger partial charge in [0.2, 0.25) is 0 Å². The Labute approximate surface area is 91.3 Å². The van der Waals surface area contributed by atoms with E-state index >= 15 is 0 Å². The number of unbranched alkanes of at least 4 members (excludes halogenated alkanes) is 3. The molecule has 84 valence electrons. The molecule has 0 aromatic heterocycles. The van der Waals surface area contributed by atoms with Gasteiger partial charge < -0.3 is 4.74 Å². The van der Waals surface area contributed by atoms with Crippen molar-refractivity contribution < 1.29 is 9.13 Å². The molecule has 0 bridgehead atoms. The molecule has 0 fully saturated rings. The molecule has 0 unspecified atom stereocenters. The van der Waals surface area contributed by atoms with Gasteiger partial charge in [-0.2, -0.15) is 0 Å². The Hall–Kier alpha value is -1.05. The zero-order valence-corrected chi connectivity index (χ0v) is 9.18. The Morgan fingerprint density at radius 3 is 2.80 bits per heavy atom. The topological polar surface area (TPSA) is 9.23 Å². The van der Waals surface area contributed by atoms with E-state index in [4.69, 9.17) is 4.74 Å². The van der Waals surface area contributed by atoms with E-state index in [-0.39, 0.29) is 5.83 Å². The van der Waals surface area contributed by atoms with Gasteiger partial charge in [0.15, 0.2) is 0 Å². The first kappa shape index (κ1) is 12.0. The van der Waals surface area contributed by atoms with E-state index in [1.165, 1.54) is 18.9 Å². The summed E-state index contributed by atoms with van der Waals surface area (Å²) in [6, 6.07) is 0. The lowest BCUT2D eigenvalue weighted by Gasteiger charge is -2.12. The van der Waals surface area contributed by atoms with Crippen LogP contribution in [0.4, 0.5) is 4.39 Å². The minimum atomic E-state index is -0.0478. The second kappa shape index (κ2) is 7.27. The van der Waals surface area contributed by atoms with Crippen molar-refractivity contribution in [2.75, 3.05) is 6.61 Å². The van der Waals surface area contributed by atoms with Crippen molar-refractivity contribution in [1.82, 2.24) is 0 Å². The monoisotopic (exact) mass is 210 g/mol. The average Bonchev–Trinajstić information content (AvgIpc) is 2.26. The zero-order chi connectivity index (χ0) is 10.9. The molecule has 2 heteroatoms. The lowest BCUT2D eigenvalue weighted by atomic mass is 10.1. The van der Waals surface area contributed by atoms with Gasteiger partial charge in [-0.15, -0.1) is 6.58 Å². The number of halogens is 1. The molecule has 0 amide bonds. The van der Waals surface area contributed by atoms with Crippen LogP contribution in [0.25, 0.3) is 0 Å². The van der Waals surface area contributed by atoms with Crippen molar-refractivity contribution in [3.63, 3.8) is 0 Å². The highest BCUT2D eigenvalue weighted by molar-refractivity contribution is 5.16. The van der Waals surface area contributed by atoms with Crippen LogP contribution < -0.4 is 0 Å². The van der Waals surface area contributed by atoms with Crippen LogP contribution in [0.15, 0.2) is 36.4 Å². The molecule has 1 nitrogen and oxygen atoms in total. The molecule has 0 saturated carbocycles. The molecule has 0 spiro atoms. The van der Waals surface area contributed by atoms with E-state index in [2.05, 4.69) is 6.58 Å². The summed E-state index contributed by atoms with van der Waals surface area (Å²) in [7, 11) is 0. The minimum absolute atomic E-state index is 0.0478. The summed E-state index contributed by atoms with van der Waals surface area (Å²) in [5.74, 6) is 0.869. The Kier molecular flexibility index (Phi) is 5.83. The lowest BCUT2D eigenvalue weighted by molar-refractivity contribution is 0.193. The predicted molar refractivity (Wildman–Crippen MR) is 61.1 cm³/mol. The molecule has 0 aliphatic heterocycles. The van der Waals surface area contributed by atoms with Crippen molar-refractivity contribution in [2.24, 2.45) is 0 Å². The molecule has 0 aromatic carbocycles. The number of hydrogen-bond acceptors (Lipinski definition) is 1. The van der Waals surface area contributed by atoms with Crippen molar-refractivity contribution in [1.29, 1.82) is 0 Å². The SMILES string of the molecule is C=CCCCCCOC1=CC=C(F)CC1. The van der Waals surface area contributed by atoms with E-state index < -0.39 is 0 Å². The van der Waals surface area contributed by atoms with Gasteiger partial charge in [-0.1, -0.05) is 6.08 Å². The summed E-state index contributed by atoms with van der Waals surface area (Å²) in [5.41, 5.74) is 0. The largest absolute Gasteiger partial charge is 0.498 e. The minimum Gasteiger partial charge on any atom is -0.498 e. The first-order valence-electron chi connectivity index (χ1n) is 5.62. The summed E-state index contributed by atoms with van der Waals surface area (Å²) >= 11 is 0. The first-order chi connectivity index (χ1) is 7.33. The average molecular weight is 210 g/mol. The maximum Gasteiger partial charge on any atom is 0.100 e. The van der Waals surface area contributed by atoms with Crippen LogP contribution in [0, 0.1) is 0 Å². The van der Waals surface area contributed by atoms with Gasteiger partial charge in [0.25, 0.3) is 0 Å². The summed E-state index contributed by atoms with van der Waals surface area (Å²) in [6.07, 6.45) is 10.9. The molecule has 1 aliphatic rings. The Balaban J connectivity index is 2.03. The molecular formula is C13H19FO. The number of ether oxygens (including phenoxy) is 1. The van der Waals surface area contributed by atoms with Gasteiger partial charge in [-0.25, -0.2) is 4.39 Å². The van der Waals surface area contributed by atoms with E-state index in [1.807, 2.05) is 6.08 Å². The van der Waals surface area contributed by atoms with Gasteiger partial charge >= 0.3 is 0 Å². The van der Waals surface area contributed by atoms with Crippen LogP contribution in [0.2, 0.25) is 0 Å². The van der Waals surface area contributed by atoms with E-state index in [1.54, 1.807) is 6.08 Å². The van der Waals surface area contributed by atoms with Crippen LogP contribution in [0.1, 0.15) is 38.5 Å². The zero-order valence-electron chi connectivity index (χ0n) is 9.18. The summed E-state index contributed by atoms with van der Waals surface area (Å²) in [5, 5.41) is 0. The highest BCUT2D eigenvalue weighted by Gasteiger charge is 2.05. The van der Waals surface area contributed by atoms with Crippen molar-refractivity contribution in [3.05, 3.63) is 36.4 Å². The Morgan fingerprint density at radius 1 is 1.27 bits per heavy atom. The molecule has 0 saturated heterocycles. The third-order valence-corrected chi connectivity index (χ3v) is 2.40. The van der Waals surface area contributed by atoms with Gasteiger partial charge in [0, 0.05) is 12.8 Å². The highest BCUT2D eigenvalue weighted by Crippen LogP contribution is 2.19. The van der Waals surface area contributed by atoms with Crippen LogP contribution in [-0.2, 0) is 4.74 Å². The third-order valence-electron chi connectivity index (χ3n) is 2.40. The molecule has 15 heavy (non-hydrogen) atoms. The fraction of sp³-hybridized carbons (Fsp3) is 0.538. The van der Waals surface area contributed by atoms with Gasteiger partial charge in [-0.3, -0.25) is 0 Å². The van der Waals surface area contributed by atoms with Crippen LogP contribution in [-0.4, -0.2) is 6.61 Å². The van der Waals surface area contributed by atoms with Crippen molar-refractivity contribution >= 4 is 0 Å². The molecule has 0 N–H and O–H groups in total. The van der Waals surface area contributed by atoms with E-state index in [0.29, 0.717) is 12.8 Å². The number of hydrogen-bond donors (Lipinski definition) is 0. The van der Waals surface area contributed by atoms with Gasteiger partial charge in [-0.05, 0) is 37.8 Å². The molecule has 0 atom stereocenters. The molecule has 1 aliphatic carbocycles. The van der Waals surface area contributed by atoms with Crippen LogP contribution in [0.5, 0.6) is 0 Å². The fourth-order valence-corrected chi connectivity index (χ4v) is 1.48. The quantitative estimate of drug-likeness (QED) is 0.450. The summed E-state index contributed by atoms with van der Waals surface area (Å²) < 4.78 is 18.2. The molecule has 1 rings (SSSR count). The third kappa shape index (κ3) is 5.40. The normalized spacial score (nSPS) is 15.5. The molecule has 0 heterocycles. The Bertz CT molecular complexity index is 253. The van der Waals surface area contributed by atoms with Crippen molar-refractivity contribution in [2.45, 2.75) is 38.5 Å². The first-order valence-corrected chi connectivity index (χ1v) is 5.62. The maximum atomic E-state index is 12.6. The molecule has 0 radical (unpaired) electrons. The number of rotatable bonds is 7. The lowest BCUT2D eigenvalue weighted by Crippen LogP contribution is -1.98. The number of allylic oxidation sites excluding steroid dienone is 5. The smallest absolute Gasteiger partial charge is 0.100 e. The second-order valence-corrected chi connectivity index (χ2v) is 3.73. The highest BCUT2D eigenvalue weighted by atomic mass is 19.1. The van der Waals surface area contributed by atoms with Crippen LogP contribution in [0.3, 0.4) is 0 Å². The fourth-order valence-electron chi connectivity index (χ4n) is 1.48. The summed E-state index contributed by atoms with van der Waals surface area (Å²) in [6.45, 7) is 4.43. The van der Waals surface area contributed by atoms with E-state index in [9.17, 15) is 4.39 Å². The second-order valence-electron chi connectivity index (χ2n) is 3.73. The molecular weight excluding hydrogens is 191 g/mol. The Morgan fingerprint density at radius 2 is 2.13 bits per heavy atom. The molecule has 0 aromatic rings. The van der Waals surface area contributed by atoms with E-state index in [0.717, 1.165) is 25.2 Å². The summed E-state index contributed by atoms with van der Waals surface area (Å²) in [4.78, 5) is 0. The standard InChI is InChI=1S/C13H19FO/c1-2-3-4-5-6-11-15-13-9-7-12(14)8-10-13/h2,7,9H,1,3-6,8,10-11H2. The van der Waals surface area contributed by atoms with Gasteiger partial charge in [0.1, 0.15) is 5.83 Å². The van der Waals surface area contributed by atoms with Gasteiger partial charge in [0.05, 0.1) is 12.4 Å².